The van der Waals surface area contributed by atoms with Gasteiger partial charge in [-0.05, 0) is 57.7 Å². The maximum Gasteiger partial charge on any atom is 0.161 e. The summed E-state index contributed by atoms with van der Waals surface area (Å²) in [7, 11) is 3.24. The summed E-state index contributed by atoms with van der Waals surface area (Å²) in [6.07, 6.45) is 0.953. The third-order valence-corrected chi connectivity index (χ3v) is 5.27. The highest BCUT2D eigenvalue weighted by Crippen LogP contribution is 2.50. The zero-order valence-corrected chi connectivity index (χ0v) is 15.0. The monoisotopic (exact) mass is 334 g/mol. The van der Waals surface area contributed by atoms with Crippen LogP contribution in [-0.4, -0.2) is 19.3 Å². The first-order valence-corrected chi connectivity index (χ1v) is 8.46. The normalized spacial score (nSPS) is 14.7. The minimum Gasteiger partial charge on any atom is -0.507 e. The molecule has 0 fully saturated rings. The molecule has 4 rings (SSSR count). The van der Waals surface area contributed by atoms with Gasteiger partial charge in [-0.3, -0.25) is 0 Å². The smallest absolute Gasteiger partial charge is 0.161 e. The van der Waals surface area contributed by atoms with Crippen molar-refractivity contribution in [3.05, 3.63) is 53.6 Å². The van der Waals surface area contributed by atoms with Crippen LogP contribution in [0.2, 0.25) is 0 Å². The number of ether oxygens (including phenoxy) is 2. The van der Waals surface area contributed by atoms with Gasteiger partial charge in [-0.25, -0.2) is 0 Å². The zero-order valence-electron chi connectivity index (χ0n) is 15.0. The van der Waals surface area contributed by atoms with Crippen molar-refractivity contribution in [1.82, 2.24) is 0 Å². The van der Waals surface area contributed by atoms with Gasteiger partial charge in [-0.15, -0.1) is 0 Å². The first-order valence-electron chi connectivity index (χ1n) is 8.46. The number of aromatic hydroxyl groups is 1. The number of hydrogen-bond donors (Lipinski definition) is 1. The summed E-state index contributed by atoms with van der Waals surface area (Å²) in [5.41, 5.74) is 4.86. The Hall–Kier alpha value is -2.68. The molecule has 0 atom stereocenters. The van der Waals surface area contributed by atoms with E-state index in [2.05, 4.69) is 38.1 Å². The van der Waals surface area contributed by atoms with E-state index >= 15 is 0 Å². The fourth-order valence-electron chi connectivity index (χ4n) is 4.04. The van der Waals surface area contributed by atoms with E-state index < -0.39 is 0 Å². The van der Waals surface area contributed by atoms with Crippen LogP contribution in [0.25, 0.3) is 21.9 Å². The van der Waals surface area contributed by atoms with Crippen LogP contribution in [0.5, 0.6) is 17.2 Å². The summed E-state index contributed by atoms with van der Waals surface area (Å²) < 4.78 is 10.9. The van der Waals surface area contributed by atoms with Gasteiger partial charge in [-0.1, -0.05) is 38.1 Å². The first kappa shape index (κ1) is 15.8. The lowest BCUT2D eigenvalue weighted by molar-refractivity contribution is 0.355. The molecule has 3 aromatic rings. The molecule has 25 heavy (non-hydrogen) atoms. The maximum absolute atomic E-state index is 10.7. The van der Waals surface area contributed by atoms with Crippen molar-refractivity contribution in [1.29, 1.82) is 0 Å². The van der Waals surface area contributed by atoms with Gasteiger partial charge in [0.15, 0.2) is 11.5 Å². The van der Waals surface area contributed by atoms with Crippen molar-refractivity contribution >= 4 is 10.8 Å². The molecule has 3 nitrogen and oxygen atoms in total. The van der Waals surface area contributed by atoms with Crippen LogP contribution in [-0.2, 0) is 11.8 Å². The molecule has 3 heteroatoms. The van der Waals surface area contributed by atoms with Crippen LogP contribution in [0.4, 0.5) is 0 Å². The molecule has 1 aliphatic rings. The lowest BCUT2D eigenvalue weighted by Crippen LogP contribution is -2.25. The summed E-state index contributed by atoms with van der Waals surface area (Å²) in [5.74, 6) is 1.57. The largest absolute Gasteiger partial charge is 0.507 e. The van der Waals surface area contributed by atoms with E-state index in [0.29, 0.717) is 11.5 Å². The Kier molecular flexibility index (Phi) is 3.43. The van der Waals surface area contributed by atoms with E-state index in [1.165, 1.54) is 22.3 Å². The lowest BCUT2D eigenvalue weighted by Gasteiger charge is -2.35. The van der Waals surface area contributed by atoms with E-state index in [4.69, 9.17) is 9.47 Å². The Morgan fingerprint density at radius 2 is 1.56 bits per heavy atom. The highest BCUT2D eigenvalue weighted by atomic mass is 16.5. The van der Waals surface area contributed by atoms with E-state index in [1.54, 1.807) is 14.2 Å². The predicted molar refractivity (Wildman–Crippen MR) is 101 cm³/mol. The Balaban J connectivity index is 2.18. The molecule has 0 spiro atoms. The SMILES string of the molecule is COc1cc2c(O)cc3c(c2cc1OC)-c1ccccc1CC3(C)C. The minimum absolute atomic E-state index is 0.0531. The molecular formula is C22H22O3. The number of methoxy groups -OCH3 is 2. The molecule has 3 aromatic carbocycles. The molecule has 128 valence electrons. The second kappa shape index (κ2) is 5.41. The van der Waals surface area contributed by atoms with Crippen LogP contribution >= 0.6 is 0 Å². The van der Waals surface area contributed by atoms with Crippen molar-refractivity contribution in [2.45, 2.75) is 25.7 Å². The average molecular weight is 334 g/mol. The van der Waals surface area contributed by atoms with Crippen LogP contribution in [0.3, 0.4) is 0 Å². The number of fused-ring (bicyclic) bond motifs is 5. The van der Waals surface area contributed by atoms with Gasteiger partial charge in [0, 0.05) is 5.39 Å². The minimum atomic E-state index is -0.0531. The van der Waals surface area contributed by atoms with Gasteiger partial charge >= 0.3 is 0 Å². The summed E-state index contributed by atoms with van der Waals surface area (Å²) in [5, 5.41) is 12.5. The Morgan fingerprint density at radius 3 is 2.24 bits per heavy atom. The fourth-order valence-corrected chi connectivity index (χ4v) is 4.04. The van der Waals surface area contributed by atoms with Crippen molar-refractivity contribution in [3.8, 4) is 28.4 Å². The van der Waals surface area contributed by atoms with Gasteiger partial charge in [0.1, 0.15) is 5.75 Å². The van der Waals surface area contributed by atoms with Crippen molar-refractivity contribution < 1.29 is 14.6 Å². The van der Waals surface area contributed by atoms with Crippen LogP contribution in [0.1, 0.15) is 25.0 Å². The Labute approximate surface area is 147 Å². The Bertz CT molecular complexity index is 986. The van der Waals surface area contributed by atoms with E-state index in [0.717, 1.165) is 17.2 Å². The summed E-state index contributed by atoms with van der Waals surface area (Å²) in [4.78, 5) is 0. The lowest BCUT2D eigenvalue weighted by atomic mass is 9.69. The van der Waals surface area contributed by atoms with Crippen molar-refractivity contribution in [2.75, 3.05) is 14.2 Å². The third kappa shape index (κ3) is 2.26. The standard InChI is InChI=1S/C22H22O3/c1-22(2)12-13-7-5-6-8-14(13)21-16-10-20(25-4)19(24-3)9-15(16)18(23)11-17(21)22/h5-11,23H,12H2,1-4H3. The average Bonchev–Trinajstić information content (AvgIpc) is 2.60. The summed E-state index contributed by atoms with van der Waals surface area (Å²) in [6.45, 7) is 4.46. The van der Waals surface area contributed by atoms with Crippen LogP contribution in [0, 0.1) is 0 Å². The molecule has 0 bridgehead atoms. The second-order valence-corrected chi connectivity index (χ2v) is 7.29. The highest BCUT2D eigenvalue weighted by Gasteiger charge is 2.33. The third-order valence-electron chi connectivity index (χ3n) is 5.27. The predicted octanol–water partition coefficient (Wildman–Crippen LogP) is 5.06. The molecule has 0 amide bonds. The topological polar surface area (TPSA) is 38.7 Å². The first-order chi connectivity index (χ1) is 12.0. The molecule has 1 aliphatic carbocycles. The quantitative estimate of drug-likeness (QED) is 0.711. The van der Waals surface area contributed by atoms with E-state index in [9.17, 15) is 5.11 Å². The fraction of sp³-hybridized carbons (Fsp3) is 0.273. The molecule has 0 heterocycles. The molecule has 0 aromatic heterocycles. The maximum atomic E-state index is 10.7. The van der Waals surface area contributed by atoms with Crippen LogP contribution < -0.4 is 9.47 Å². The molecule has 0 aliphatic heterocycles. The summed E-state index contributed by atoms with van der Waals surface area (Å²) >= 11 is 0. The van der Waals surface area contributed by atoms with Crippen molar-refractivity contribution in [2.24, 2.45) is 0 Å². The van der Waals surface area contributed by atoms with Gasteiger partial charge < -0.3 is 14.6 Å². The van der Waals surface area contributed by atoms with Gasteiger partial charge in [0.05, 0.1) is 14.2 Å². The molecule has 0 saturated carbocycles. The van der Waals surface area contributed by atoms with Gasteiger partial charge in [0.25, 0.3) is 0 Å². The summed E-state index contributed by atoms with van der Waals surface area (Å²) in [6, 6.07) is 14.3. The number of phenols is 1. The second-order valence-electron chi connectivity index (χ2n) is 7.29. The van der Waals surface area contributed by atoms with E-state index in [-0.39, 0.29) is 11.2 Å². The number of rotatable bonds is 2. The zero-order chi connectivity index (χ0) is 17.8. The molecule has 1 N–H and O–H groups in total. The highest BCUT2D eigenvalue weighted by molar-refractivity contribution is 6.04. The van der Waals surface area contributed by atoms with Crippen LogP contribution in [0.15, 0.2) is 42.5 Å². The number of hydrogen-bond acceptors (Lipinski definition) is 3. The Morgan fingerprint density at radius 1 is 0.920 bits per heavy atom. The molecule has 0 saturated heterocycles. The number of benzene rings is 3. The molecular weight excluding hydrogens is 312 g/mol. The molecule has 0 unspecified atom stereocenters. The van der Waals surface area contributed by atoms with Crippen molar-refractivity contribution in [3.63, 3.8) is 0 Å². The number of phenolic OH excluding ortho intramolecular Hbond substituents is 1. The van der Waals surface area contributed by atoms with E-state index in [1.807, 2.05) is 18.2 Å². The van der Waals surface area contributed by atoms with Gasteiger partial charge in [-0.2, -0.15) is 0 Å². The molecule has 0 radical (unpaired) electrons. The van der Waals surface area contributed by atoms with Gasteiger partial charge in [0.2, 0.25) is 0 Å².